The van der Waals surface area contributed by atoms with Crippen molar-refractivity contribution < 1.29 is 9.90 Å². The second kappa shape index (κ2) is 5.55. The summed E-state index contributed by atoms with van der Waals surface area (Å²) in [6, 6.07) is 0. The van der Waals surface area contributed by atoms with Crippen molar-refractivity contribution in [1.82, 2.24) is 9.55 Å². The molecule has 2 rings (SSSR count). The summed E-state index contributed by atoms with van der Waals surface area (Å²) in [6.07, 6.45) is 7.09. The van der Waals surface area contributed by atoms with Crippen LogP contribution in [0, 0.1) is 6.92 Å². The molecule has 4 nitrogen and oxygen atoms in total. The lowest BCUT2D eigenvalue weighted by atomic mass is 9.86. The molecule has 0 amide bonds. The molecule has 0 spiro atoms. The Morgan fingerprint density at radius 2 is 2.06 bits per heavy atom. The Hall–Kier alpha value is -1.32. The average Bonchev–Trinajstić information content (AvgIpc) is 2.65. The van der Waals surface area contributed by atoms with Crippen molar-refractivity contribution in [3.8, 4) is 0 Å². The highest BCUT2D eigenvalue weighted by atomic mass is 16.4. The standard InChI is InChI=1S/C14H22N2O2/c1-10-14(11-6-4-3-5-7-11)15-12(16(10)2)8-9-13(17)18/h11H,3-9H2,1-2H3,(H,17,18). The molecule has 1 heterocycles. The van der Waals surface area contributed by atoms with Crippen molar-refractivity contribution in [2.45, 2.75) is 57.8 Å². The number of aryl methyl sites for hydroxylation is 1. The number of aliphatic carboxylic acids is 1. The molecule has 1 aromatic rings. The molecule has 18 heavy (non-hydrogen) atoms. The van der Waals surface area contributed by atoms with Gasteiger partial charge in [0.15, 0.2) is 0 Å². The third-order valence-corrected chi connectivity index (χ3v) is 4.06. The van der Waals surface area contributed by atoms with Crippen LogP contribution in [-0.4, -0.2) is 20.6 Å². The highest BCUT2D eigenvalue weighted by Crippen LogP contribution is 2.33. The second-order valence-electron chi connectivity index (χ2n) is 5.29. The summed E-state index contributed by atoms with van der Waals surface area (Å²) in [7, 11) is 1.99. The third kappa shape index (κ3) is 2.74. The molecule has 0 bridgehead atoms. The molecule has 0 aromatic carbocycles. The number of nitrogens with zero attached hydrogens (tertiary/aromatic N) is 2. The average molecular weight is 250 g/mol. The summed E-state index contributed by atoms with van der Waals surface area (Å²) < 4.78 is 2.06. The van der Waals surface area contributed by atoms with Crippen LogP contribution < -0.4 is 0 Å². The fourth-order valence-electron chi connectivity index (χ4n) is 2.87. The smallest absolute Gasteiger partial charge is 0.303 e. The Labute approximate surface area is 108 Å². The first-order chi connectivity index (χ1) is 8.59. The molecule has 0 unspecified atom stereocenters. The van der Waals surface area contributed by atoms with Crippen LogP contribution >= 0.6 is 0 Å². The fraction of sp³-hybridized carbons (Fsp3) is 0.714. The number of imidazole rings is 1. The van der Waals surface area contributed by atoms with E-state index in [1.165, 1.54) is 43.5 Å². The molecule has 100 valence electrons. The molecule has 1 fully saturated rings. The van der Waals surface area contributed by atoms with Gasteiger partial charge in [-0.15, -0.1) is 0 Å². The van der Waals surface area contributed by atoms with E-state index in [0.717, 1.165) is 5.82 Å². The Kier molecular flexibility index (Phi) is 4.04. The van der Waals surface area contributed by atoms with E-state index in [-0.39, 0.29) is 6.42 Å². The monoisotopic (exact) mass is 250 g/mol. The van der Waals surface area contributed by atoms with Crippen LogP contribution in [0.3, 0.4) is 0 Å². The zero-order chi connectivity index (χ0) is 13.1. The molecular formula is C14H22N2O2. The number of carbonyl (C=O) groups is 1. The number of rotatable bonds is 4. The lowest BCUT2D eigenvalue weighted by Crippen LogP contribution is -2.06. The van der Waals surface area contributed by atoms with Crippen LogP contribution in [0.1, 0.15) is 61.7 Å². The maximum atomic E-state index is 10.6. The van der Waals surface area contributed by atoms with Crippen molar-refractivity contribution in [2.24, 2.45) is 7.05 Å². The first kappa shape index (κ1) is 13.1. The van der Waals surface area contributed by atoms with E-state index in [9.17, 15) is 4.79 Å². The first-order valence-electron chi connectivity index (χ1n) is 6.83. The Balaban J connectivity index is 2.15. The van der Waals surface area contributed by atoms with Crippen molar-refractivity contribution >= 4 is 5.97 Å². The third-order valence-electron chi connectivity index (χ3n) is 4.06. The summed E-state index contributed by atoms with van der Waals surface area (Å²) in [6.45, 7) is 2.10. The maximum absolute atomic E-state index is 10.6. The topological polar surface area (TPSA) is 55.1 Å². The molecule has 0 radical (unpaired) electrons. The second-order valence-corrected chi connectivity index (χ2v) is 5.29. The summed E-state index contributed by atoms with van der Waals surface area (Å²) in [4.78, 5) is 15.3. The van der Waals surface area contributed by atoms with Gasteiger partial charge in [-0.3, -0.25) is 4.79 Å². The van der Waals surface area contributed by atoms with E-state index in [1.54, 1.807) is 0 Å². The van der Waals surface area contributed by atoms with Gasteiger partial charge in [0.1, 0.15) is 5.82 Å². The SMILES string of the molecule is Cc1c(C2CCCCC2)nc(CCC(=O)O)n1C. The lowest BCUT2D eigenvalue weighted by Gasteiger charge is -2.20. The number of aromatic nitrogens is 2. The van der Waals surface area contributed by atoms with E-state index >= 15 is 0 Å². The van der Waals surface area contributed by atoms with Gasteiger partial charge in [-0.2, -0.15) is 0 Å². The first-order valence-corrected chi connectivity index (χ1v) is 6.83. The molecule has 1 saturated carbocycles. The Bertz CT molecular complexity index is 431. The molecule has 0 aliphatic heterocycles. The molecule has 1 aliphatic carbocycles. The van der Waals surface area contributed by atoms with Gasteiger partial charge in [-0.25, -0.2) is 4.98 Å². The van der Waals surface area contributed by atoms with Gasteiger partial charge in [-0.05, 0) is 19.8 Å². The van der Waals surface area contributed by atoms with E-state index in [4.69, 9.17) is 10.1 Å². The van der Waals surface area contributed by atoms with Gasteiger partial charge in [0, 0.05) is 25.1 Å². The van der Waals surface area contributed by atoms with E-state index in [2.05, 4.69) is 11.5 Å². The quantitative estimate of drug-likeness (QED) is 0.894. The van der Waals surface area contributed by atoms with E-state index in [1.807, 2.05) is 7.05 Å². The van der Waals surface area contributed by atoms with Crippen molar-refractivity contribution in [3.63, 3.8) is 0 Å². The minimum atomic E-state index is -0.755. The van der Waals surface area contributed by atoms with Gasteiger partial charge < -0.3 is 9.67 Å². The van der Waals surface area contributed by atoms with Gasteiger partial charge in [0.2, 0.25) is 0 Å². The Morgan fingerprint density at radius 1 is 1.39 bits per heavy atom. The van der Waals surface area contributed by atoms with E-state index in [0.29, 0.717) is 12.3 Å². The minimum Gasteiger partial charge on any atom is -0.481 e. The van der Waals surface area contributed by atoms with Crippen LogP contribution in [0.5, 0.6) is 0 Å². The van der Waals surface area contributed by atoms with Crippen LogP contribution in [0.2, 0.25) is 0 Å². The maximum Gasteiger partial charge on any atom is 0.303 e. The summed E-state index contributed by atoms with van der Waals surface area (Å²) >= 11 is 0. The lowest BCUT2D eigenvalue weighted by molar-refractivity contribution is -0.137. The normalized spacial score (nSPS) is 17.0. The fourth-order valence-corrected chi connectivity index (χ4v) is 2.87. The zero-order valence-electron chi connectivity index (χ0n) is 11.3. The summed E-state index contributed by atoms with van der Waals surface area (Å²) in [5.41, 5.74) is 2.42. The molecule has 0 saturated heterocycles. The van der Waals surface area contributed by atoms with Crippen molar-refractivity contribution in [3.05, 3.63) is 17.2 Å². The molecule has 1 aliphatic rings. The largest absolute Gasteiger partial charge is 0.481 e. The number of hydrogen-bond donors (Lipinski definition) is 1. The highest BCUT2D eigenvalue weighted by Gasteiger charge is 2.22. The molecule has 1 aromatic heterocycles. The molecule has 4 heteroatoms. The number of carboxylic acid groups (broad SMARTS) is 1. The molecular weight excluding hydrogens is 228 g/mol. The van der Waals surface area contributed by atoms with Crippen LogP contribution in [0.4, 0.5) is 0 Å². The van der Waals surface area contributed by atoms with Crippen LogP contribution in [0.25, 0.3) is 0 Å². The number of hydrogen-bond acceptors (Lipinski definition) is 2. The predicted molar refractivity (Wildman–Crippen MR) is 69.7 cm³/mol. The van der Waals surface area contributed by atoms with E-state index < -0.39 is 5.97 Å². The van der Waals surface area contributed by atoms with Crippen molar-refractivity contribution in [1.29, 1.82) is 0 Å². The molecule has 0 atom stereocenters. The van der Waals surface area contributed by atoms with Gasteiger partial charge in [-0.1, -0.05) is 19.3 Å². The number of carboxylic acids is 1. The minimum absolute atomic E-state index is 0.161. The Morgan fingerprint density at radius 3 is 2.67 bits per heavy atom. The summed E-state index contributed by atoms with van der Waals surface area (Å²) in [5, 5.41) is 8.75. The van der Waals surface area contributed by atoms with Crippen molar-refractivity contribution in [2.75, 3.05) is 0 Å². The van der Waals surface area contributed by atoms with Gasteiger partial charge >= 0.3 is 5.97 Å². The van der Waals surface area contributed by atoms with Crippen LogP contribution in [-0.2, 0) is 18.3 Å². The van der Waals surface area contributed by atoms with Crippen LogP contribution in [0.15, 0.2) is 0 Å². The van der Waals surface area contributed by atoms with Gasteiger partial charge in [0.05, 0.1) is 12.1 Å². The van der Waals surface area contributed by atoms with Gasteiger partial charge in [0.25, 0.3) is 0 Å². The predicted octanol–water partition coefficient (Wildman–Crippen LogP) is 2.79. The molecule has 1 N–H and O–H groups in total. The summed E-state index contributed by atoms with van der Waals surface area (Å²) in [5.74, 6) is 0.744. The highest BCUT2D eigenvalue weighted by molar-refractivity contribution is 5.66. The zero-order valence-corrected chi connectivity index (χ0v) is 11.3.